The van der Waals surface area contributed by atoms with Crippen LogP contribution in [0.5, 0.6) is 0 Å². The van der Waals surface area contributed by atoms with Gasteiger partial charge >= 0.3 is 0 Å². The minimum atomic E-state index is -0.172. The van der Waals surface area contributed by atoms with Crippen LogP contribution in [-0.4, -0.2) is 12.3 Å². The van der Waals surface area contributed by atoms with E-state index in [1.54, 1.807) is 0 Å². The maximum Gasteiger partial charge on any atom is 0.143 e. The minimum Gasteiger partial charge on any atom is -0.357 e. The van der Waals surface area contributed by atoms with Crippen molar-refractivity contribution in [1.82, 2.24) is 0 Å². The van der Waals surface area contributed by atoms with Gasteiger partial charge in [-0.15, -0.1) is 0 Å². The minimum absolute atomic E-state index is 0.172. The van der Waals surface area contributed by atoms with Gasteiger partial charge < -0.3 is 9.69 Å². The molecule has 1 aliphatic carbocycles. The van der Waals surface area contributed by atoms with E-state index in [2.05, 4.69) is 65.6 Å². The van der Waals surface area contributed by atoms with Crippen LogP contribution in [0.1, 0.15) is 35.4 Å². The second-order valence-electron chi connectivity index (χ2n) is 7.27. The van der Waals surface area contributed by atoms with E-state index < -0.39 is 0 Å². The number of carbonyl (C=O) groups is 1. The van der Waals surface area contributed by atoms with Crippen molar-refractivity contribution in [2.45, 2.75) is 37.8 Å². The number of fused-ring (bicyclic) bond motifs is 1. The molecule has 3 aromatic carbocycles. The molecule has 0 aromatic heterocycles. The first-order valence-electron chi connectivity index (χ1n) is 9.75. The van der Waals surface area contributed by atoms with Crippen molar-refractivity contribution in [1.29, 1.82) is 0 Å². The lowest BCUT2D eigenvalue weighted by molar-refractivity contribution is -0.109. The van der Waals surface area contributed by atoms with Gasteiger partial charge in [0.25, 0.3) is 0 Å². The highest BCUT2D eigenvalue weighted by Gasteiger charge is 2.32. The van der Waals surface area contributed by atoms with Crippen LogP contribution in [0.4, 0.5) is 5.69 Å². The zero-order valence-electron chi connectivity index (χ0n) is 15.5. The molecule has 0 radical (unpaired) electrons. The van der Waals surface area contributed by atoms with Gasteiger partial charge in [-0.3, -0.25) is 0 Å². The summed E-state index contributed by atoms with van der Waals surface area (Å²) in [7, 11) is 0. The lowest BCUT2D eigenvalue weighted by atomic mass is 9.78. The molecule has 2 unspecified atom stereocenters. The number of aryl methyl sites for hydroxylation is 1. The Hall–Kier alpha value is -2.87. The topological polar surface area (TPSA) is 20.3 Å². The van der Waals surface area contributed by atoms with Gasteiger partial charge in [-0.05, 0) is 48.1 Å². The largest absolute Gasteiger partial charge is 0.357 e. The molecule has 2 atom stereocenters. The summed E-state index contributed by atoms with van der Waals surface area (Å²) in [6.45, 7) is 0.729. The van der Waals surface area contributed by atoms with Gasteiger partial charge in [0, 0.05) is 18.2 Å². The number of hydrogen-bond donors (Lipinski definition) is 0. The molecule has 136 valence electrons. The summed E-state index contributed by atoms with van der Waals surface area (Å²) in [4.78, 5) is 14.7. The second-order valence-corrected chi connectivity index (χ2v) is 7.27. The fourth-order valence-electron chi connectivity index (χ4n) is 4.30. The highest BCUT2D eigenvalue weighted by atomic mass is 16.1. The zero-order chi connectivity index (χ0) is 18.5. The van der Waals surface area contributed by atoms with Crippen LogP contribution in [0, 0.1) is 0 Å². The van der Waals surface area contributed by atoms with E-state index in [4.69, 9.17) is 0 Å². The Morgan fingerprint density at radius 2 is 1.56 bits per heavy atom. The molecule has 0 saturated heterocycles. The molecule has 2 heteroatoms. The van der Waals surface area contributed by atoms with E-state index >= 15 is 0 Å². The molecule has 0 saturated carbocycles. The van der Waals surface area contributed by atoms with E-state index in [0.29, 0.717) is 0 Å². The van der Waals surface area contributed by atoms with Crippen LogP contribution in [-0.2, 0) is 17.8 Å². The molecule has 4 rings (SSSR count). The maximum absolute atomic E-state index is 12.4. The van der Waals surface area contributed by atoms with Crippen LogP contribution < -0.4 is 4.90 Å². The smallest absolute Gasteiger partial charge is 0.143 e. The summed E-state index contributed by atoms with van der Waals surface area (Å²) in [6, 6.07) is 29.2. The van der Waals surface area contributed by atoms with Crippen molar-refractivity contribution < 1.29 is 4.79 Å². The Bertz CT molecular complexity index is 875. The van der Waals surface area contributed by atoms with E-state index in [1.165, 1.54) is 16.7 Å². The van der Waals surface area contributed by atoms with Gasteiger partial charge in [0.2, 0.25) is 0 Å². The molecule has 0 heterocycles. The van der Waals surface area contributed by atoms with Crippen LogP contribution in [0.15, 0.2) is 84.9 Å². The standard InChI is InChI=1S/C25H25NO/c27-19-25(24-17-9-13-21-12-7-8-16-23(21)24)26(22-14-5-2-6-15-22)18-20-10-3-1-4-11-20/h1-8,10-12,14-16,19,24-25H,9,13,17-18H2. The first-order valence-corrected chi connectivity index (χ1v) is 9.75. The first kappa shape index (κ1) is 17.5. The Balaban J connectivity index is 1.73. The van der Waals surface area contributed by atoms with Crippen LogP contribution >= 0.6 is 0 Å². The van der Waals surface area contributed by atoms with E-state index in [9.17, 15) is 4.79 Å². The quantitative estimate of drug-likeness (QED) is 0.553. The zero-order valence-corrected chi connectivity index (χ0v) is 15.5. The molecular weight excluding hydrogens is 330 g/mol. The molecule has 0 fully saturated rings. The average Bonchev–Trinajstić information content (AvgIpc) is 2.75. The molecule has 0 spiro atoms. The van der Waals surface area contributed by atoms with Gasteiger partial charge in [0.05, 0.1) is 6.04 Å². The van der Waals surface area contributed by atoms with Gasteiger partial charge in [0.15, 0.2) is 0 Å². The Morgan fingerprint density at radius 3 is 2.30 bits per heavy atom. The number of hydrogen-bond acceptors (Lipinski definition) is 2. The lowest BCUT2D eigenvalue weighted by Gasteiger charge is -2.38. The van der Waals surface area contributed by atoms with Gasteiger partial charge in [0.1, 0.15) is 6.29 Å². The van der Waals surface area contributed by atoms with Gasteiger partial charge in [-0.25, -0.2) is 0 Å². The summed E-state index contributed by atoms with van der Waals surface area (Å²) in [5.41, 5.74) is 5.06. The monoisotopic (exact) mass is 355 g/mol. The Labute approximate surface area is 161 Å². The second kappa shape index (κ2) is 8.22. The lowest BCUT2D eigenvalue weighted by Crippen LogP contribution is -2.41. The summed E-state index contributed by atoms with van der Waals surface area (Å²) in [6.07, 6.45) is 4.46. The summed E-state index contributed by atoms with van der Waals surface area (Å²) in [5.74, 6) is 0.233. The first-order chi connectivity index (χ1) is 13.4. The predicted octanol–water partition coefficient (Wildman–Crippen LogP) is 5.38. The average molecular weight is 355 g/mol. The molecule has 0 amide bonds. The van der Waals surface area contributed by atoms with Crippen LogP contribution in [0.25, 0.3) is 0 Å². The molecule has 0 bridgehead atoms. The number of anilines is 1. The highest BCUT2D eigenvalue weighted by Crippen LogP contribution is 2.37. The van der Waals surface area contributed by atoms with Gasteiger partial charge in [-0.2, -0.15) is 0 Å². The fourth-order valence-corrected chi connectivity index (χ4v) is 4.30. The SMILES string of the molecule is O=CC(C1CCCc2ccccc21)N(Cc1ccccc1)c1ccccc1. The number of aldehydes is 1. The normalized spacial score (nSPS) is 17.0. The van der Waals surface area contributed by atoms with Crippen molar-refractivity contribution in [3.05, 3.63) is 102 Å². The van der Waals surface area contributed by atoms with Crippen molar-refractivity contribution in [3.63, 3.8) is 0 Å². The maximum atomic E-state index is 12.4. The molecule has 2 nitrogen and oxygen atoms in total. The predicted molar refractivity (Wildman–Crippen MR) is 111 cm³/mol. The Kier molecular flexibility index (Phi) is 5.34. The summed E-state index contributed by atoms with van der Waals surface area (Å²) in [5, 5.41) is 0. The highest BCUT2D eigenvalue weighted by molar-refractivity contribution is 5.69. The fraction of sp³-hybridized carbons (Fsp3) is 0.240. The number of carbonyl (C=O) groups excluding carboxylic acids is 1. The third-order valence-corrected chi connectivity index (χ3v) is 5.61. The molecule has 1 aliphatic rings. The molecule has 3 aromatic rings. The van der Waals surface area contributed by atoms with Crippen molar-refractivity contribution in [2.75, 3.05) is 4.90 Å². The number of nitrogens with zero attached hydrogens (tertiary/aromatic N) is 1. The number of benzene rings is 3. The number of rotatable bonds is 6. The van der Waals surface area contributed by atoms with Crippen molar-refractivity contribution >= 4 is 12.0 Å². The van der Waals surface area contributed by atoms with Crippen LogP contribution in [0.2, 0.25) is 0 Å². The van der Waals surface area contributed by atoms with E-state index in [0.717, 1.165) is 37.8 Å². The molecular formula is C25H25NO. The molecule has 0 aliphatic heterocycles. The van der Waals surface area contributed by atoms with Gasteiger partial charge in [-0.1, -0.05) is 72.8 Å². The molecule has 27 heavy (non-hydrogen) atoms. The van der Waals surface area contributed by atoms with E-state index in [-0.39, 0.29) is 12.0 Å². The van der Waals surface area contributed by atoms with E-state index in [1.807, 2.05) is 24.3 Å². The third kappa shape index (κ3) is 3.80. The summed E-state index contributed by atoms with van der Waals surface area (Å²) >= 11 is 0. The number of para-hydroxylation sites is 1. The van der Waals surface area contributed by atoms with Crippen molar-refractivity contribution in [3.8, 4) is 0 Å². The van der Waals surface area contributed by atoms with Crippen molar-refractivity contribution in [2.24, 2.45) is 0 Å². The molecule has 0 N–H and O–H groups in total. The summed E-state index contributed by atoms with van der Waals surface area (Å²) < 4.78 is 0. The Morgan fingerprint density at radius 1 is 0.889 bits per heavy atom. The third-order valence-electron chi connectivity index (χ3n) is 5.61. The van der Waals surface area contributed by atoms with Crippen LogP contribution in [0.3, 0.4) is 0 Å².